The van der Waals surface area contributed by atoms with E-state index in [9.17, 15) is 14.4 Å². The van der Waals surface area contributed by atoms with Crippen LogP contribution in [0.5, 0.6) is 0 Å². The fourth-order valence-corrected chi connectivity index (χ4v) is 3.43. The van der Waals surface area contributed by atoms with Crippen LogP contribution in [-0.4, -0.2) is 32.7 Å². The first-order valence-electron chi connectivity index (χ1n) is 9.32. The van der Waals surface area contributed by atoms with Crippen LogP contribution >= 0.6 is 11.8 Å². The Hall–Kier alpha value is -3.46. The minimum atomic E-state index is -0.456. The molecule has 0 radical (unpaired) electrons. The molecule has 2 aromatic carbocycles. The Balaban J connectivity index is 1.70. The molecule has 1 aromatic heterocycles. The average molecular weight is 423 g/mol. The fraction of sp³-hybridized carbons (Fsp3) is 0.190. The lowest BCUT2D eigenvalue weighted by Gasteiger charge is -2.10. The molecule has 2 amide bonds. The number of aryl methyl sites for hydroxylation is 1. The van der Waals surface area contributed by atoms with E-state index in [1.165, 1.54) is 6.92 Å². The van der Waals surface area contributed by atoms with Crippen LogP contribution in [0.1, 0.15) is 19.4 Å². The molecule has 0 saturated heterocycles. The zero-order valence-corrected chi connectivity index (χ0v) is 17.4. The predicted molar refractivity (Wildman–Crippen MR) is 118 cm³/mol. The molecular formula is C21H21N5O3S. The molecule has 0 fully saturated rings. The van der Waals surface area contributed by atoms with Crippen molar-refractivity contribution in [1.82, 2.24) is 15.2 Å². The minimum absolute atomic E-state index is 0.0739. The molecule has 1 heterocycles. The van der Waals surface area contributed by atoms with Crippen molar-refractivity contribution in [3.63, 3.8) is 0 Å². The molecule has 0 unspecified atom stereocenters. The van der Waals surface area contributed by atoms with Crippen LogP contribution in [0.2, 0.25) is 0 Å². The van der Waals surface area contributed by atoms with E-state index in [1.54, 1.807) is 24.3 Å². The number of benzene rings is 2. The summed E-state index contributed by atoms with van der Waals surface area (Å²) < 4.78 is 0. The van der Waals surface area contributed by atoms with Gasteiger partial charge in [0.1, 0.15) is 0 Å². The second-order valence-corrected chi connectivity index (χ2v) is 7.35. The molecular weight excluding hydrogens is 402 g/mol. The molecule has 3 aromatic rings. The molecule has 0 aliphatic rings. The Kier molecular flexibility index (Phi) is 6.97. The molecule has 8 nitrogen and oxygen atoms in total. The normalized spacial score (nSPS) is 10.5. The Morgan fingerprint density at radius 2 is 1.70 bits per heavy atom. The summed E-state index contributed by atoms with van der Waals surface area (Å²) in [5.74, 6) is -0.386. The molecule has 0 aliphatic carbocycles. The van der Waals surface area contributed by atoms with E-state index in [1.807, 2.05) is 31.2 Å². The van der Waals surface area contributed by atoms with Crippen LogP contribution in [0.15, 0.2) is 58.5 Å². The highest BCUT2D eigenvalue weighted by Gasteiger charge is 2.14. The molecule has 9 heteroatoms. The molecule has 154 valence electrons. The highest BCUT2D eigenvalue weighted by Crippen LogP contribution is 2.24. The maximum Gasteiger partial charge on any atom is 0.278 e. The summed E-state index contributed by atoms with van der Waals surface area (Å²) in [6, 6.07) is 14.4. The van der Waals surface area contributed by atoms with Gasteiger partial charge in [-0.15, -0.1) is 10.2 Å². The maximum absolute atomic E-state index is 12.5. The molecule has 0 spiro atoms. The molecule has 0 atom stereocenters. The summed E-state index contributed by atoms with van der Waals surface area (Å²) in [4.78, 5) is 38.8. The summed E-state index contributed by atoms with van der Waals surface area (Å²) in [6.07, 6.45) is 0.809. The van der Waals surface area contributed by atoms with Crippen LogP contribution in [-0.2, 0) is 16.0 Å². The summed E-state index contributed by atoms with van der Waals surface area (Å²) in [5.41, 5.74) is 2.39. The predicted octanol–water partition coefficient (Wildman–Crippen LogP) is 3.08. The number of thioether (sulfide) groups is 1. The number of nitrogens with zero attached hydrogens (tertiary/aromatic N) is 2. The van der Waals surface area contributed by atoms with E-state index in [2.05, 4.69) is 25.8 Å². The Bertz CT molecular complexity index is 1130. The van der Waals surface area contributed by atoms with Crippen molar-refractivity contribution < 1.29 is 9.59 Å². The third kappa shape index (κ3) is 5.32. The van der Waals surface area contributed by atoms with Crippen molar-refractivity contribution in [3.05, 3.63) is 64.4 Å². The van der Waals surface area contributed by atoms with Gasteiger partial charge in [-0.25, -0.2) is 0 Å². The number of para-hydroxylation sites is 2. The quantitative estimate of drug-likeness (QED) is 0.503. The van der Waals surface area contributed by atoms with Crippen LogP contribution < -0.4 is 16.2 Å². The molecule has 0 saturated carbocycles. The first-order valence-corrected chi connectivity index (χ1v) is 10.3. The van der Waals surface area contributed by atoms with Crippen LogP contribution in [0.4, 0.5) is 11.4 Å². The number of nitrogens with one attached hydrogen (secondary N) is 3. The second-order valence-electron chi connectivity index (χ2n) is 6.38. The van der Waals surface area contributed by atoms with E-state index in [4.69, 9.17) is 0 Å². The third-order valence-electron chi connectivity index (χ3n) is 4.18. The van der Waals surface area contributed by atoms with E-state index < -0.39 is 5.56 Å². The van der Waals surface area contributed by atoms with Crippen LogP contribution in [0.25, 0.3) is 11.3 Å². The van der Waals surface area contributed by atoms with Gasteiger partial charge in [-0.1, -0.05) is 55.1 Å². The molecule has 3 rings (SSSR count). The lowest BCUT2D eigenvalue weighted by Crippen LogP contribution is -2.18. The SMILES string of the molecule is CCc1ccccc1NC(=O)CSc1nnc(-c2ccccc2NC(C)=O)c(=O)[nH]1. The van der Waals surface area contributed by atoms with E-state index in [0.29, 0.717) is 11.3 Å². The van der Waals surface area contributed by atoms with Crippen molar-refractivity contribution in [2.75, 3.05) is 16.4 Å². The van der Waals surface area contributed by atoms with Gasteiger partial charge in [0.15, 0.2) is 10.9 Å². The van der Waals surface area contributed by atoms with E-state index in [-0.39, 0.29) is 28.4 Å². The van der Waals surface area contributed by atoms with E-state index in [0.717, 1.165) is 29.4 Å². The lowest BCUT2D eigenvalue weighted by molar-refractivity contribution is -0.114. The summed E-state index contributed by atoms with van der Waals surface area (Å²) >= 11 is 1.08. The zero-order valence-electron chi connectivity index (χ0n) is 16.6. The number of aromatic amines is 1. The number of carbonyl (C=O) groups excluding carboxylic acids is 2. The lowest BCUT2D eigenvalue weighted by atomic mass is 10.1. The highest BCUT2D eigenvalue weighted by molar-refractivity contribution is 7.99. The smallest absolute Gasteiger partial charge is 0.278 e. The van der Waals surface area contributed by atoms with Gasteiger partial charge in [0.2, 0.25) is 11.8 Å². The zero-order chi connectivity index (χ0) is 21.5. The first kappa shape index (κ1) is 21.3. The van der Waals surface area contributed by atoms with Gasteiger partial charge in [0.25, 0.3) is 5.56 Å². The Labute approximate surface area is 177 Å². The van der Waals surface area contributed by atoms with Crippen molar-refractivity contribution in [2.45, 2.75) is 25.4 Å². The highest BCUT2D eigenvalue weighted by atomic mass is 32.2. The van der Waals surface area contributed by atoms with Crippen molar-refractivity contribution >= 4 is 35.0 Å². The van der Waals surface area contributed by atoms with Gasteiger partial charge >= 0.3 is 0 Å². The van der Waals surface area contributed by atoms with Gasteiger partial charge < -0.3 is 10.6 Å². The Morgan fingerprint density at radius 3 is 2.40 bits per heavy atom. The number of carbonyl (C=O) groups is 2. The number of rotatable bonds is 7. The van der Waals surface area contributed by atoms with Crippen molar-refractivity contribution in [2.24, 2.45) is 0 Å². The number of amides is 2. The molecule has 0 bridgehead atoms. The van der Waals surface area contributed by atoms with Gasteiger partial charge in [-0.2, -0.15) is 0 Å². The summed E-state index contributed by atoms with van der Waals surface area (Å²) in [7, 11) is 0. The standard InChI is InChI=1S/C21H21N5O3S/c1-3-14-8-4-6-10-16(14)23-18(28)12-30-21-24-20(29)19(25-26-21)15-9-5-7-11-17(15)22-13(2)27/h4-11H,3,12H2,1-2H3,(H,22,27)(H,23,28)(H,24,26,29). The summed E-state index contributed by atoms with van der Waals surface area (Å²) in [6.45, 7) is 3.40. The van der Waals surface area contributed by atoms with Crippen LogP contribution in [0.3, 0.4) is 0 Å². The van der Waals surface area contributed by atoms with Gasteiger partial charge in [-0.3, -0.25) is 19.4 Å². The van der Waals surface area contributed by atoms with Crippen molar-refractivity contribution in [1.29, 1.82) is 0 Å². The number of hydrogen-bond acceptors (Lipinski definition) is 6. The van der Waals surface area contributed by atoms with Crippen molar-refractivity contribution in [3.8, 4) is 11.3 Å². The monoisotopic (exact) mass is 423 g/mol. The maximum atomic E-state index is 12.5. The fourth-order valence-electron chi connectivity index (χ4n) is 2.82. The molecule has 30 heavy (non-hydrogen) atoms. The number of aromatic nitrogens is 3. The van der Waals surface area contributed by atoms with E-state index >= 15 is 0 Å². The topological polar surface area (TPSA) is 117 Å². The largest absolute Gasteiger partial charge is 0.326 e. The number of H-pyrrole nitrogens is 1. The number of hydrogen-bond donors (Lipinski definition) is 3. The first-order chi connectivity index (χ1) is 14.5. The number of anilines is 2. The molecule has 0 aliphatic heterocycles. The van der Waals surface area contributed by atoms with Gasteiger partial charge in [0.05, 0.1) is 11.4 Å². The average Bonchev–Trinajstić information content (AvgIpc) is 2.73. The second kappa shape index (κ2) is 9.84. The summed E-state index contributed by atoms with van der Waals surface area (Å²) in [5, 5.41) is 13.8. The van der Waals surface area contributed by atoms with Gasteiger partial charge in [0, 0.05) is 18.2 Å². The Morgan fingerprint density at radius 1 is 1.00 bits per heavy atom. The van der Waals surface area contributed by atoms with Gasteiger partial charge in [-0.05, 0) is 24.1 Å². The molecule has 3 N–H and O–H groups in total. The van der Waals surface area contributed by atoms with Crippen LogP contribution in [0, 0.1) is 0 Å². The minimum Gasteiger partial charge on any atom is -0.326 e. The third-order valence-corrected chi connectivity index (χ3v) is 5.05.